The van der Waals surface area contributed by atoms with E-state index in [1.807, 2.05) is 6.92 Å². The second kappa shape index (κ2) is 11.4. The Hall–Kier alpha value is -4.29. The molecule has 4 rings (SSSR count). The zero-order valence-corrected chi connectivity index (χ0v) is 24.0. The molecule has 3 aromatic carbocycles. The van der Waals surface area contributed by atoms with Gasteiger partial charge in [0.2, 0.25) is 11.9 Å². The molecule has 40 heavy (non-hydrogen) atoms. The Bertz CT molecular complexity index is 1740. The van der Waals surface area contributed by atoms with E-state index in [-0.39, 0.29) is 15.7 Å². The average Bonchev–Trinajstić information content (AvgIpc) is 2.87. The van der Waals surface area contributed by atoms with Crippen LogP contribution in [0.25, 0.3) is 0 Å². The molecule has 0 fully saturated rings. The summed E-state index contributed by atoms with van der Waals surface area (Å²) in [5, 5.41) is 2.65. The second-order valence-electron chi connectivity index (χ2n) is 9.26. The highest BCUT2D eigenvalue weighted by molar-refractivity contribution is 7.93. The predicted octanol–water partition coefficient (Wildman–Crippen LogP) is 4.35. The molecule has 1 heterocycles. The molecule has 1 aromatic heterocycles. The van der Waals surface area contributed by atoms with E-state index in [2.05, 4.69) is 20.0 Å². The monoisotopic (exact) mass is 579 g/mol. The highest BCUT2D eigenvalue weighted by atomic mass is 32.2. The van der Waals surface area contributed by atoms with Gasteiger partial charge in [-0.3, -0.25) is 9.10 Å². The summed E-state index contributed by atoms with van der Waals surface area (Å²) >= 11 is 0. The summed E-state index contributed by atoms with van der Waals surface area (Å²) in [6.07, 6.45) is 0. The predicted molar refractivity (Wildman–Crippen MR) is 154 cm³/mol. The molecule has 2 N–H and O–H groups in total. The van der Waals surface area contributed by atoms with Crippen LogP contribution in [0.5, 0.6) is 0 Å². The first-order valence-electron chi connectivity index (χ1n) is 12.3. The van der Waals surface area contributed by atoms with Crippen molar-refractivity contribution in [3.8, 4) is 0 Å². The fourth-order valence-electron chi connectivity index (χ4n) is 3.98. The number of hydrogen-bond donors (Lipinski definition) is 2. The number of sulfonamides is 2. The third kappa shape index (κ3) is 6.64. The molecule has 208 valence electrons. The number of hydrogen-bond acceptors (Lipinski definition) is 7. The van der Waals surface area contributed by atoms with Crippen LogP contribution in [0.2, 0.25) is 0 Å². The lowest BCUT2D eigenvalue weighted by molar-refractivity contribution is -0.114. The summed E-state index contributed by atoms with van der Waals surface area (Å²) in [6.45, 7) is 6.59. The van der Waals surface area contributed by atoms with E-state index in [4.69, 9.17) is 0 Å². The molecule has 12 heteroatoms. The first-order chi connectivity index (χ1) is 18.8. The first kappa shape index (κ1) is 28.7. The highest BCUT2D eigenvalue weighted by Crippen LogP contribution is 2.27. The van der Waals surface area contributed by atoms with Gasteiger partial charge in [-0.1, -0.05) is 35.9 Å². The van der Waals surface area contributed by atoms with Gasteiger partial charge in [-0.2, -0.15) is 0 Å². The molecule has 0 atom stereocenters. The van der Waals surface area contributed by atoms with Crippen LogP contribution in [0.1, 0.15) is 22.5 Å². The van der Waals surface area contributed by atoms with Crippen molar-refractivity contribution in [2.45, 2.75) is 37.5 Å². The van der Waals surface area contributed by atoms with Crippen LogP contribution in [0, 0.1) is 27.7 Å². The maximum Gasteiger partial charge on any atom is 0.264 e. The van der Waals surface area contributed by atoms with Crippen LogP contribution >= 0.6 is 0 Å². The van der Waals surface area contributed by atoms with Crippen LogP contribution in [0.4, 0.5) is 17.3 Å². The average molecular weight is 580 g/mol. The molecule has 0 saturated heterocycles. The number of carbonyl (C=O) groups is 1. The van der Waals surface area contributed by atoms with E-state index in [0.717, 1.165) is 9.87 Å². The van der Waals surface area contributed by atoms with Gasteiger partial charge in [0.25, 0.3) is 20.0 Å². The third-order valence-corrected chi connectivity index (χ3v) is 9.05. The van der Waals surface area contributed by atoms with Crippen molar-refractivity contribution in [2.75, 3.05) is 20.9 Å². The first-order valence-corrected chi connectivity index (χ1v) is 15.2. The van der Waals surface area contributed by atoms with Crippen molar-refractivity contribution in [1.29, 1.82) is 0 Å². The van der Waals surface area contributed by atoms with Gasteiger partial charge in [-0.15, -0.1) is 0 Å². The Morgan fingerprint density at radius 3 is 1.95 bits per heavy atom. The minimum absolute atomic E-state index is 0.0408. The summed E-state index contributed by atoms with van der Waals surface area (Å²) in [4.78, 5) is 21.3. The van der Waals surface area contributed by atoms with Gasteiger partial charge in [0.05, 0.1) is 15.5 Å². The number of amides is 1. The number of rotatable bonds is 9. The summed E-state index contributed by atoms with van der Waals surface area (Å²) in [5.74, 6) is -0.641. The van der Waals surface area contributed by atoms with E-state index < -0.39 is 32.5 Å². The fourth-order valence-corrected chi connectivity index (χ4v) is 6.41. The van der Waals surface area contributed by atoms with Crippen molar-refractivity contribution in [1.82, 2.24) is 9.97 Å². The summed E-state index contributed by atoms with van der Waals surface area (Å²) < 4.78 is 56.2. The van der Waals surface area contributed by atoms with Crippen LogP contribution in [0.15, 0.2) is 88.7 Å². The minimum atomic E-state index is -4.07. The number of nitrogens with zero attached hydrogens (tertiary/aromatic N) is 3. The van der Waals surface area contributed by atoms with E-state index >= 15 is 0 Å². The largest absolute Gasteiger partial charge is 0.325 e. The number of anilines is 3. The Kier molecular flexibility index (Phi) is 8.21. The Morgan fingerprint density at radius 2 is 1.35 bits per heavy atom. The van der Waals surface area contributed by atoms with Gasteiger partial charge in [0.1, 0.15) is 6.54 Å². The van der Waals surface area contributed by atoms with Gasteiger partial charge < -0.3 is 5.32 Å². The normalized spacial score (nSPS) is 11.6. The molecule has 0 aliphatic heterocycles. The molecule has 0 aliphatic carbocycles. The van der Waals surface area contributed by atoms with Crippen molar-refractivity contribution in [3.63, 3.8) is 0 Å². The highest BCUT2D eigenvalue weighted by Gasteiger charge is 2.28. The van der Waals surface area contributed by atoms with Crippen LogP contribution in [0.3, 0.4) is 0 Å². The Morgan fingerprint density at radius 1 is 0.775 bits per heavy atom. The van der Waals surface area contributed by atoms with Gasteiger partial charge in [-0.25, -0.2) is 31.5 Å². The molecule has 4 aromatic rings. The molecular formula is C28H29N5O5S2. The van der Waals surface area contributed by atoms with Gasteiger partial charge in [0.15, 0.2) is 0 Å². The molecule has 0 bridgehead atoms. The minimum Gasteiger partial charge on any atom is -0.325 e. The second-order valence-corrected chi connectivity index (χ2v) is 12.8. The lowest BCUT2D eigenvalue weighted by atomic mass is 10.2. The zero-order valence-electron chi connectivity index (χ0n) is 22.4. The van der Waals surface area contributed by atoms with Crippen molar-refractivity contribution >= 4 is 43.3 Å². The van der Waals surface area contributed by atoms with Gasteiger partial charge >= 0.3 is 0 Å². The fraction of sp³-hybridized carbons (Fsp3) is 0.179. The molecular weight excluding hydrogens is 550 g/mol. The van der Waals surface area contributed by atoms with E-state index in [1.54, 1.807) is 63.2 Å². The maximum absolute atomic E-state index is 13.6. The molecule has 0 saturated carbocycles. The number of aryl methyl sites for hydroxylation is 4. The number of carbonyl (C=O) groups excluding carboxylic acids is 1. The van der Waals surface area contributed by atoms with Gasteiger partial charge in [0, 0.05) is 17.1 Å². The molecule has 0 radical (unpaired) electrons. The number of para-hydroxylation sites is 1. The zero-order chi connectivity index (χ0) is 29.1. The van der Waals surface area contributed by atoms with Crippen molar-refractivity contribution in [2.24, 2.45) is 0 Å². The SMILES string of the molecule is Cc1ccc(S(=O)(=O)N(CC(=O)Nc2ccc(S(=O)(=O)Nc3nc(C)cc(C)n3)cc2)c2ccccc2C)cc1. The van der Waals surface area contributed by atoms with E-state index in [0.29, 0.717) is 28.3 Å². The van der Waals surface area contributed by atoms with Crippen LogP contribution in [-0.4, -0.2) is 39.3 Å². The molecule has 0 spiro atoms. The summed E-state index contributed by atoms with van der Waals surface area (Å²) in [6, 6.07) is 20.5. The number of aromatic nitrogens is 2. The molecule has 0 aliphatic rings. The van der Waals surface area contributed by atoms with Crippen molar-refractivity contribution in [3.05, 3.63) is 101 Å². The number of benzene rings is 3. The topological polar surface area (TPSA) is 138 Å². The number of nitrogens with one attached hydrogen (secondary N) is 2. The van der Waals surface area contributed by atoms with Crippen LogP contribution in [-0.2, 0) is 24.8 Å². The van der Waals surface area contributed by atoms with E-state index in [9.17, 15) is 21.6 Å². The molecule has 1 amide bonds. The third-order valence-electron chi connectivity index (χ3n) is 5.94. The lowest BCUT2D eigenvalue weighted by Gasteiger charge is -2.25. The quantitative estimate of drug-likeness (QED) is 0.301. The van der Waals surface area contributed by atoms with Crippen LogP contribution < -0.4 is 14.3 Å². The maximum atomic E-state index is 13.6. The summed E-state index contributed by atoms with van der Waals surface area (Å²) in [5.41, 5.74) is 3.49. The summed E-state index contributed by atoms with van der Waals surface area (Å²) in [7, 11) is -8.05. The van der Waals surface area contributed by atoms with Crippen molar-refractivity contribution < 1.29 is 21.6 Å². The molecule has 10 nitrogen and oxygen atoms in total. The van der Waals surface area contributed by atoms with E-state index in [1.165, 1.54) is 36.4 Å². The molecule has 0 unspecified atom stereocenters. The lowest BCUT2D eigenvalue weighted by Crippen LogP contribution is -2.38. The smallest absolute Gasteiger partial charge is 0.264 e. The standard InChI is InChI=1S/C28H29N5O5S2/c1-19-9-13-25(14-10-19)40(37,38)33(26-8-6-5-7-20(26)2)18-27(34)31-23-11-15-24(16-12-23)39(35,36)32-28-29-21(3)17-22(4)30-28/h5-17H,18H2,1-4H3,(H,31,34)(H,29,30,32). The Balaban J connectivity index is 1.54. The Labute approximate surface area is 234 Å². The van der Waals surface area contributed by atoms with Gasteiger partial charge in [-0.05, 0) is 81.8 Å².